The smallest absolute Gasteiger partial charge is 0.160 e. The second-order valence-corrected chi connectivity index (χ2v) is 13.4. The van der Waals surface area contributed by atoms with Gasteiger partial charge in [-0.1, -0.05) is 164 Å². The number of nitrogens with zero attached hydrogens (tertiary/aromatic N) is 3. The molecule has 0 fully saturated rings. The molecule has 53 heavy (non-hydrogen) atoms. The Balaban J connectivity index is 1.05. The van der Waals surface area contributed by atoms with Gasteiger partial charge in [0.1, 0.15) is 0 Å². The lowest BCUT2D eigenvalue weighted by Crippen LogP contribution is -1.97. The maximum absolute atomic E-state index is 5.05. The lowest BCUT2D eigenvalue weighted by molar-refractivity contribution is 1.17. The van der Waals surface area contributed by atoms with Gasteiger partial charge in [-0.15, -0.1) is 0 Å². The van der Waals surface area contributed by atoms with Crippen molar-refractivity contribution in [3.8, 4) is 61.8 Å². The zero-order valence-corrected chi connectivity index (χ0v) is 28.9. The summed E-state index contributed by atoms with van der Waals surface area (Å²) < 4.78 is 2.38. The molecule has 0 bridgehead atoms. The molecule has 2 aromatic heterocycles. The summed E-state index contributed by atoms with van der Waals surface area (Å²) >= 11 is 0. The van der Waals surface area contributed by atoms with Crippen molar-refractivity contribution in [3.63, 3.8) is 0 Å². The summed E-state index contributed by atoms with van der Waals surface area (Å²) in [6.45, 7) is 0. The zero-order chi connectivity index (χ0) is 35.1. The molecule has 8 aromatic carbocycles. The van der Waals surface area contributed by atoms with Crippen molar-refractivity contribution in [1.82, 2.24) is 14.5 Å². The topological polar surface area (TPSA) is 30.7 Å². The summed E-state index contributed by atoms with van der Waals surface area (Å²) in [5.41, 5.74) is 13.3. The van der Waals surface area contributed by atoms with Gasteiger partial charge in [0.15, 0.2) is 5.82 Å². The number of aromatic nitrogens is 3. The number of rotatable bonds is 6. The highest BCUT2D eigenvalue weighted by Crippen LogP contribution is 2.39. The van der Waals surface area contributed by atoms with E-state index in [1.807, 2.05) is 36.4 Å². The molecule has 0 saturated carbocycles. The SMILES string of the molecule is c1ccc(-c2ccc(-c3ccc4c(ccc5c4c4ccccc4n5-c4ccc(-c5cc(-c6ccccc6)nc(-c6ccccc6)n5)cc4)c3)cc2)cc1. The molecule has 0 aliphatic carbocycles. The highest BCUT2D eigenvalue weighted by molar-refractivity contribution is 6.21. The molecule has 10 rings (SSSR count). The van der Waals surface area contributed by atoms with Crippen LogP contribution < -0.4 is 0 Å². The summed E-state index contributed by atoms with van der Waals surface area (Å²) in [5.74, 6) is 0.715. The number of fused-ring (bicyclic) bond motifs is 5. The van der Waals surface area contributed by atoms with Gasteiger partial charge in [0.25, 0.3) is 0 Å². The minimum atomic E-state index is 0.715. The van der Waals surface area contributed by atoms with Crippen molar-refractivity contribution in [2.24, 2.45) is 0 Å². The third-order valence-electron chi connectivity index (χ3n) is 10.2. The molecule has 10 aromatic rings. The maximum atomic E-state index is 5.05. The minimum absolute atomic E-state index is 0.715. The predicted octanol–water partition coefficient (Wildman–Crippen LogP) is 13.1. The Labute approximate surface area is 308 Å². The van der Waals surface area contributed by atoms with Crippen molar-refractivity contribution in [2.45, 2.75) is 0 Å². The third-order valence-corrected chi connectivity index (χ3v) is 10.2. The van der Waals surface area contributed by atoms with Gasteiger partial charge in [-0.2, -0.15) is 0 Å². The molecule has 0 aliphatic rings. The molecule has 0 radical (unpaired) electrons. The van der Waals surface area contributed by atoms with E-state index < -0.39 is 0 Å². The molecule has 0 aliphatic heterocycles. The lowest BCUT2D eigenvalue weighted by atomic mass is 9.97. The van der Waals surface area contributed by atoms with Crippen LogP contribution in [-0.4, -0.2) is 14.5 Å². The molecule has 3 heteroatoms. The summed E-state index contributed by atoms with van der Waals surface area (Å²) in [4.78, 5) is 10.0. The predicted molar refractivity (Wildman–Crippen MR) is 221 cm³/mol. The number of benzene rings is 8. The molecule has 0 N–H and O–H groups in total. The zero-order valence-electron chi connectivity index (χ0n) is 28.9. The molecule has 248 valence electrons. The second-order valence-electron chi connectivity index (χ2n) is 13.4. The normalized spacial score (nSPS) is 11.4. The summed E-state index contributed by atoms with van der Waals surface area (Å²) in [6, 6.07) is 71.0. The van der Waals surface area contributed by atoms with E-state index in [9.17, 15) is 0 Å². The molecule has 0 amide bonds. The summed E-state index contributed by atoms with van der Waals surface area (Å²) in [5, 5.41) is 4.99. The van der Waals surface area contributed by atoms with E-state index >= 15 is 0 Å². The molecule has 0 saturated heterocycles. The average molecular weight is 676 g/mol. The Morgan fingerprint density at radius 1 is 0.321 bits per heavy atom. The Morgan fingerprint density at radius 2 is 0.830 bits per heavy atom. The fourth-order valence-electron chi connectivity index (χ4n) is 7.59. The van der Waals surface area contributed by atoms with Crippen molar-refractivity contribution in [2.75, 3.05) is 0 Å². The first-order valence-electron chi connectivity index (χ1n) is 18.0. The Morgan fingerprint density at radius 3 is 1.51 bits per heavy atom. The van der Waals surface area contributed by atoms with Crippen molar-refractivity contribution < 1.29 is 0 Å². The maximum Gasteiger partial charge on any atom is 0.160 e. The molecular weight excluding hydrogens is 643 g/mol. The van der Waals surface area contributed by atoms with Crippen molar-refractivity contribution in [3.05, 3.63) is 200 Å². The largest absolute Gasteiger partial charge is 0.309 e. The number of hydrogen-bond acceptors (Lipinski definition) is 2. The van der Waals surface area contributed by atoms with E-state index in [2.05, 4.69) is 168 Å². The van der Waals surface area contributed by atoms with Gasteiger partial charge in [0.05, 0.1) is 22.4 Å². The molecule has 0 spiro atoms. The van der Waals surface area contributed by atoms with E-state index in [0.717, 1.165) is 33.8 Å². The van der Waals surface area contributed by atoms with E-state index in [1.165, 1.54) is 54.8 Å². The first-order chi connectivity index (χ1) is 26.3. The van der Waals surface area contributed by atoms with Crippen LogP contribution in [0.2, 0.25) is 0 Å². The van der Waals surface area contributed by atoms with Gasteiger partial charge in [-0.3, -0.25) is 0 Å². The van der Waals surface area contributed by atoms with Crippen molar-refractivity contribution in [1.29, 1.82) is 0 Å². The van der Waals surface area contributed by atoms with Gasteiger partial charge in [-0.05, 0) is 69.4 Å². The fraction of sp³-hybridized carbons (Fsp3) is 0. The minimum Gasteiger partial charge on any atom is -0.309 e. The quantitative estimate of drug-likeness (QED) is 0.176. The van der Waals surface area contributed by atoms with Crippen LogP contribution in [0, 0.1) is 0 Å². The van der Waals surface area contributed by atoms with E-state index in [4.69, 9.17) is 9.97 Å². The molecule has 3 nitrogen and oxygen atoms in total. The molecular formula is C50H33N3. The van der Waals surface area contributed by atoms with Crippen molar-refractivity contribution >= 4 is 32.6 Å². The lowest BCUT2D eigenvalue weighted by Gasteiger charge is -2.12. The van der Waals surface area contributed by atoms with Crippen LogP contribution in [0.25, 0.3) is 94.4 Å². The first kappa shape index (κ1) is 30.7. The van der Waals surface area contributed by atoms with Crippen LogP contribution in [0.15, 0.2) is 200 Å². The van der Waals surface area contributed by atoms with E-state index in [-0.39, 0.29) is 0 Å². The van der Waals surface area contributed by atoms with E-state index in [1.54, 1.807) is 0 Å². The fourth-order valence-corrected chi connectivity index (χ4v) is 7.59. The standard InChI is InChI=1S/C50H33N3/c1-4-12-34(13-5-1)35-20-22-36(23-21-35)40-26-30-43-41(32-40)27-31-48-49(43)44-18-10-11-19-47(44)53(48)42-28-24-38(25-29-42)46-33-45(37-14-6-2-7-15-37)51-50(52-46)39-16-8-3-9-17-39/h1-33H. The third kappa shape index (κ3) is 5.56. The van der Waals surface area contributed by atoms with Gasteiger partial charge in [0, 0.05) is 33.2 Å². The van der Waals surface area contributed by atoms with Crippen LogP contribution in [0.3, 0.4) is 0 Å². The summed E-state index contributed by atoms with van der Waals surface area (Å²) in [6.07, 6.45) is 0. The van der Waals surface area contributed by atoms with Crippen LogP contribution >= 0.6 is 0 Å². The Hall–Kier alpha value is -7.10. The van der Waals surface area contributed by atoms with Crippen LogP contribution in [0.4, 0.5) is 0 Å². The van der Waals surface area contributed by atoms with E-state index in [0.29, 0.717) is 5.82 Å². The van der Waals surface area contributed by atoms with Crippen LogP contribution in [-0.2, 0) is 0 Å². The average Bonchev–Trinajstić information content (AvgIpc) is 3.59. The van der Waals surface area contributed by atoms with Gasteiger partial charge < -0.3 is 4.57 Å². The first-order valence-corrected chi connectivity index (χ1v) is 18.0. The van der Waals surface area contributed by atoms with Gasteiger partial charge in [-0.25, -0.2) is 9.97 Å². The van der Waals surface area contributed by atoms with Crippen LogP contribution in [0.5, 0.6) is 0 Å². The molecule has 2 heterocycles. The number of para-hydroxylation sites is 1. The Bertz CT molecular complexity index is 2840. The molecule has 0 unspecified atom stereocenters. The molecule has 0 atom stereocenters. The highest BCUT2D eigenvalue weighted by atomic mass is 15.0. The Kier molecular flexibility index (Phi) is 7.47. The van der Waals surface area contributed by atoms with Crippen LogP contribution in [0.1, 0.15) is 0 Å². The summed E-state index contributed by atoms with van der Waals surface area (Å²) in [7, 11) is 0. The van der Waals surface area contributed by atoms with Gasteiger partial charge >= 0.3 is 0 Å². The monoisotopic (exact) mass is 675 g/mol. The van der Waals surface area contributed by atoms with Gasteiger partial charge in [0.2, 0.25) is 0 Å². The number of hydrogen-bond donors (Lipinski definition) is 0. The second kappa shape index (κ2) is 12.9. The highest BCUT2D eigenvalue weighted by Gasteiger charge is 2.16.